The van der Waals surface area contributed by atoms with E-state index in [4.69, 9.17) is 0 Å². The number of nitrogens with zero attached hydrogens (tertiary/aromatic N) is 2. The topological polar surface area (TPSA) is 37.8 Å². The molecule has 0 radical (unpaired) electrons. The van der Waals surface area contributed by atoms with Gasteiger partial charge in [-0.15, -0.1) is 11.3 Å². The number of thiazole rings is 1. The van der Waals surface area contributed by atoms with Crippen molar-refractivity contribution in [1.82, 2.24) is 15.3 Å². The maximum Gasteiger partial charge on any atom is 0.0795 e. The van der Waals surface area contributed by atoms with E-state index in [1.165, 1.54) is 11.1 Å². The molecule has 2 heterocycles. The summed E-state index contributed by atoms with van der Waals surface area (Å²) in [5, 5.41) is 5.41. The van der Waals surface area contributed by atoms with Crippen LogP contribution in [0.5, 0.6) is 0 Å². The van der Waals surface area contributed by atoms with Crippen LogP contribution in [0.1, 0.15) is 16.8 Å². The van der Waals surface area contributed by atoms with Crippen LogP contribution in [0.3, 0.4) is 0 Å². The normalized spacial score (nSPS) is 10.5. The highest BCUT2D eigenvalue weighted by Gasteiger charge is 1.98. The van der Waals surface area contributed by atoms with E-state index in [1.807, 2.05) is 24.0 Å². The van der Waals surface area contributed by atoms with Crippen molar-refractivity contribution >= 4 is 11.3 Å². The van der Waals surface area contributed by atoms with Crippen LogP contribution in [0.4, 0.5) is 0 Å². The quantitative estimate of drug-likeness (QED) is 0.856. The van der Waals surface area contributed by atoms with E-state index in [1.54, 1.807) is 11.3 Å². The summed E-state index contributed by atoms with van der Waals surface area (Å²) >= 11 is 1.63. The highest BCUT2D eigenvalue weighted by atomic mass is 32.1. The second-order valence-corrected chi connectivity index (χ2v) is 4.10. The van der Waals surface area contributed by atoms with Gasteiger partial charge in [-0.25, -0.2) is 4.98 Å². The Morgan fingerprint density at radius 2 is 2.33 bits per heavy atom. The minimum absolute atomic E-state index is 0.817. The van der Waals surface area contributed by atoms with Gasteiger partial charge < -0.3 is 5.32 Å². The summed E-state index contributed by atoms with van der Waals surface area (Å²) in [6.45, 7) is 3.76. The molecule has 0 amide bonds. The number of aryl methyl sites for hydroxylation is 1. The standard InChI is InChI=1S/C11H13N3S/c1-9-2-3-12-4-10(9)5-13-6-11-7-15-8-14-11/h2-4,7-8,13H,5-6H2,1H3. The molecule has 3 nitrogen and oxygen atoms in total. The lowest BCUT2D eigenvalue weighted by molar-refractivity contribution is 0.678. The predicted octanol–water partition coefficient (Wildman–Crippen LogP) is 2.14. The first-order valence-electron chi connectivity index (χ1n) is 4.83. The van der Waals surface area contributed by atoms with Crippen LogP contribution in [-0.2, 0) is 13.1 Å². The fourth-order valence-corrected chi connectivity index (χ4v) is 1.89. The van der Waals surface area contributed by atoms with E-state index >= 15 is 0 Å². The van der Waals surface area contributed by atoms with Crippen molar-refractivity contribution in [2.75, 3.05) is 0 Å². The molecule has 0 fully saturated rings. The summed E-state index contributed by atoms with van der Waals surface area (Å²) in [7, 11) is 0. The lowest BCUT2D eigenvalue weighted by Gasteiger charge is -2.05. The SMILES string of the molecule is Cc1ccncc1CNCc1cscn1. The van der Waals surface area contributed by atoms with Crippen molar-refractivity contribution in [3.8, 4) is 0 Å². The fraction of sp³-hybridized carbons (Fsp3) is 0.273. The van der Waals surface area contributed by atoms with E-state index in [-0.39, 0.29) is 0 Å². The van der Waals surface area contributed by atoms with Crippen molar-refractivity contribution in [2.24, 2.45) is 0 Å². The monoisotopic (exact) mass is 219 g/mol. The highest BCUT2D eigenvalue weighted by molar-refractivity contribution is 7.07. The van der Waals surface area contributed by atoms with Crippen molar-refractivity contribution in [3.05, 3.63) is 46.2 Å². The largest absolute Gasteiger partial charge is 0.307 e. The number of hydrogen-bond acceptors (Lipinski definition) is 4. The number of pyridine rings is 1. The number of nitrogens with one attached hydrogen (secondary N) is 1. The average Bonchev–Trinajstić information content (AvgIpc) is 2.74. The lowest BCUT2D eigenvalue weighted by atomic mass is 10.1. The van der Waals surface area contributed by atoms with E-state index in [0.29, 0.717) is 0 Å². The predicted molar refractivity (Wildman–Crippen MR) is 61.6 cm³/mol. The van der Waals surface area contributed by atoms with Crippen LogP contribution in [0.25, 0.3) is 0 Å². The number of aromatic nitrogens is 2. The molecule has 2 rings (SSSR count). The van der Waals surface area contributed by atoms with Gasteiger partial charge in [0.05, 0.1) is 11.2 Å². The molecule has 2 aromatic heterocycles. The minimum atomic E-state index is 0.817. The third-order valence-corrected chi connectivity index (χ3v) is 2.89. The van der Waals surface area contributed by atoms with Crippen molar-refractivity contribution < 1.29 is 0 Å². The number of rotatable bonds is 4. The van der Waals surface area contributed by atoms with Gasteiger partial charge in [0.1, 0.15) is 0 Å². The fourth-order valence-electron chi connectivity index (χ4n) is 1.33. The van der Waals surface area contributed by atoms with Gasteiger partial charge in [-0.2, -0.15) is 0 Å². The molecular weight excluding hydrogens is 206 g/mol. The van der Waals surface area contributed by atoms with Gasteiger partial charge in [-0.05, 0) is 24.1 Å². The molecule has 4 heteroatoms. The Labute approximate surface area is 93.2 Å². The molecule has 0 saturated carbocycles. The molecule has 1 N–H and O–H groups in total. The maximum absolute atomic E-state index is 4.21. The maximum atomic E-state index is 4.21. The second-order valence-electron chi connectivity index (χ2n) is 3.39. The molecule has 0 spiro atoms. The summed E-state index contributed by atoms with van der Waals surface area (Å²) in [6.07, 6.45) is 3.72. The van der Waals surface area contributed by atoms with E-state index in [0.717, 1.165) is 18.8 Å². The van der Waals surface area contributed by atoms with E-state index in [2.05, 4.69) is 27.6 Å². The molecule has 78 valence electrons. The zero-order valence-electron chi connectivity index (χ0n) is 8.60. The third-order valence-electron chi connectivity index (χ3n) is 2.25. The first-order valence-corrected chi connectivity index (χ1v) is 5.78. The van der Waals surface area contributed by atoms with Crippen molar-refractivity contribution in [1.29, 1.82) is 0 Å². The molecule has 0 unspecified atom stereocenters. The molecule has 0 aliphatic heterocycles. The van der Waals surface area contributed by atoms with E-state index in [9.17, 15) is 0 Å². The zero-order valence-corrected chi connectivity index (χ0v) is 9.42. The van der Waals surface area contributed by atoms with Crippen molar-refractivity contribution in [3.63, 3.8) is 0 Å². The van der Waals surface area contributed by atoms with E-state index < -0.39 is 0 Å². The molecule has 0 atom stereocenters. The summed E-state index contributed by atoms with van der Waals surface area (Å²) in [5.41, 5.74) is 5.47. The first-order chi connectivity index (χ1) is 7.36. The highest BCUT2D eigenvalue weighted by Crippen LogP contribution is 2.05. The van der Waals surface area contributed by atoms with Crippen LogP contribution < -0.4 is 5.32 Å². The molecule has 0 saturated heterocycles. The van der Waals surface area contributed by atoms with Gasteiger partial charge in [0.2, 0.25) is 0 Å². The molecule has 0 bridgehead atoms. The Hall–Kier alpha value is -1.26. The summed E-state index contributed by atoms with van der Waals surface area (Å²) in [4.78, 5) is 8.32. The number of hydrogen-bond donors (Lipinski definition) is 1. The van der Waals surface area contributed by atoms with Crippen LogP contribution in [0.15, 0.2) is 29.4 Å². The summed E-state index contributed by atoms with van der Waals surface area (Å²) in [6, 6.07) is 2.03. The van der Waals surface area contributed by atoms with Crippen LogP contribution in [0, 0.1) is 6.92 Å². The molecule has 0 aliphatic carbocycles. The average molecular weight is 219 g/mol. The zero-order chi connectivity index (χ0) is 10.5. The Morgan fingerprint density at radius 1 is 1.40 bits per heavy atom. The molecule has 0 aromatic carbocycles. The molecule has 0 aliphatic rings. The minimum Gasteiger partial charge on any atom is -0.307 e. The Kier molecular flexibility index (Phi) is 3.42. The Morgan fingerprint density at radius 3 is 3.07 bits per heavy atom. The van der Waals surface area contributed by atoms with Gasteiger partial charge in [0.25, 0.3) is 0 Å². The van der Waals surface area contributed by atoms with Gasteiger partial charge in [0.15, 0.2) is 0 Å². The third kappa shape index (κ3) is 2.84. The summed E-state index contributed by atoms with van der Waals surface area (Å²) in [5.74, 6) is 0. The van der Waals surface area contributed by atoms with Gasteiger partial charge in [-0.1, -0.05) is 0 Å². The van der Waals surface area contributed by atoms with Crippen LogP contribution in [-0.4, -0.2) is 9.97 Å². The summed E-state index contributed by atoms with van der Waals surface area (Å²) < 4.78 is 0. The van der Waals surface area contributed by atoms with Crippen LogP contribution in [0.2, 0.25) is 0 Å². The second kappa shape index (κ2) is 5.00. The van der Waals surface area contributed by atoms with Gasteiger partial charge in [0, 0.05) is 30.9 Å². The van der Waals surface area contributed by atoms with Crippen molar-refractivity contribution in [2.45, 2.75) is 20.0 Å². The molecule has 2 aromatic rings. The Bertz CT molecular complexity index is 412. The van der Waals surface area contributed by atoms with Gasteiger partial charge in [-0.3, -0.25) is 4.98 Å². The van der Waals surface area contributed by atoms with Gasteiger partial charge >= 0.3 is 0 Å². The molecule has 15 heavy (non-hydrogen) atoms. The van der Waals surface area contributed by atoms with Crippen LogP contribution >= 0.6 is 11.3 Å². The first kappa shape index (κ1) is 10.3. The smallest absolute Gasteiger partial charge is 0.0795 e. The molecular formula is C11H13N3S. The lowest BCUT2D eigenvalue weighted by Crippen LogP contribution is -2.13. The Balaban J connectivity index is 1.86.